The van der Waals surface area contributed by atoms with Crippen LogP contribution >= 0.6 is 0 Å². The molecule has 0 spiro atoms. The maximum atomic E-state index is 3.24. The molecule has 0 aromatic rings. The molecular formula is C3H5Y4-. The summed E-state index contributed by atoms with van der Waals surface area (Å²) in [5.41, 5.74) is 0. The van der Waals surface area contributed by atoms with Gasteiger partial charge in [-0.1, -0.05) is 0 Å². The standard InChI is InChI=1S/C3H5.4Y/c1-3-2;;;;/h1H2,2H3;;;;/q-1;;;;. The molecule has 0 atom stereocenters. The quantitative estimate of drug-likeness (QED) is 0.536. The molecule has 0 rings (SSSR count). The molecule has 4 radical (unpaired) electrons. The van der Waals surface area contributed by atoms with Gasteiger partial charge in [0.25, 0.3) is 0 Å². The molecule has 0 fully saturated rings. The summed E-state index contributed by atoms with van der Waals surface area (Å²) in [6.07, 6.45) is 2.50. The van der Waals surface area contributed by atoms with Crippen molar-refractivity contribution >= 4 is 0 Å². The smallest absolute Gasteiger partial charge is 0 e. The summed E-state index contributed by atoms with van der Waals surface area (Å²) in [6, 6.07) is 0. The molecule has 7 heavy (non-hydrogen) atoms. The van der Waals surface area contributed by atoms with Crippen molar-refractivity contribution in [3.63, 3.8) is 0 Å². The molecule has 30 valence electrons. The first-order chi connectivity index (χ1) is 1.41. The molecule has 0 amide bonds. The third-order valence-electron chi connectivity index (χ3n) is 0. The Morgan fingerprint density at radius 1 is 1.00 bits per heavy atom. The van der Waals surface area contributed by atoms with Gasteiger partial charge in [-0.25, -0.2) is 0 Å². The number of rotatable bonds is 0. The summed E-state index contributed by atoms with van der Waals surface area (Å²) >= 11 is 0. The summed E-state index contributed by atoms with van der Waals surface area (Å²) in [6.45, 7) is 5.00. The molecule has 0 unspecified atom stereocenters. The van der Waals surface area contributed by atoms with Gasteiger partial charge in [0.05, 0.1) is 0 Å². The van der Waals surface area contributed by atoms with Gasteiger partial charge in [-0.2, -0.15) is 6.92 Å². The second-order valence-corrected chi connectivity index (χ2v) is 0.354. The minimum Gasteiger partial charge on any atom is -0.507 e. The van der Waals surface area contributed by atoms with Gasteiger partial charge in [-0.15, -0.1) is 0 Å². The Balaban J connectivity index is -0.00000000333. The first-order valence-corrected chi connectivity index (χ1v) is 0.854. The molecule has 0 aliphatic rings. The van der Waals surface area contributed by atoms with Crippen molar-refractivity contribution in [3.8, 4) is 0 Å². The SMILES string of the molecule is C=[C-]C.[Y].[Y].[Y].[Y]. The Morgan fingerprint density at radius 3 is 1.00 bits per heavy atom. The zero-order valence-corrected chi connectivity index (χ0v) is 15.9. The predicted molar refractivity (Wildman–Crippen MR) is 14.5 cm³/mol. The fourth-order valence-corrected chi connectivity index (χ4v) is 0. The van der Waals surface area contributed by atoms with Crippen LogP contribution in [0.25, 0.3) is 0 Å². The van der Waals surface area contributed by atoms with Crippen LogP contribution in [0, 0.1) is 6.08 Å². The van der Waals surface area contributed by atoms with Gasteiger partial charge in [0.1, 0.15) is 0 Å². The Hall–Kier alpha value is 4.16. The summed E-state index contributed by atoms with van der Waals surface area (Å²) < 4.78 is 0. The van der Waals surface area contributed by atoms with E-state index in [0.29, 0.717) is 0 Å². The van der Waals surface area contributed by atoms with Crippen molar-refractivity contribution in [1.29, 1.82) is 0 Å². The fraction of sp³-hybridized carbons (Fsp3) is 0.333. The Bertz CT molecular complexity index is 14.4. The maximum absolute atomic E-state index is 3.24. The average Bonchev–Trinajstić information content (AvgIpc) is 0.918. The van der Waals surface area contributed by atoms with Crippen LogP contribution in [-0.4, -0.2) is 0 Å². The molecule has 4 heteroatoms. The van der Waals surface area contributed by atoms with E-state index in [1.807, 2.05) is 0 Å². The van der Waals surface area contributed by atoms with Gasteiger partial charge >= 0.3 is 0 Å². The third kappa shape index (κ3) is 39.1. The van der Waals surface area contributed by atoms with E-state index < -0.39 is 0 Å². The van der Waals surface area contributed by atoms with Crippen molar-refractivity contribution in [1.82, 2.24) is 0 Å². The minimum absolute atomic E-state index is 0. The van der Waals surface area contributed by atoms with E-state index in [0.717, 1.165) is 0 Å². The minimum atomic E-state index is 0. The van der Waals surface area contributed by atoms with Crippen LogP contribution in [0.3, 0.4) is 0 Å². The van der Waals surface area contributed by atoms with Crippen molar-refractivity contribution in [2.45, 2.75) is 6.92 Å². The number of hydrogen-bond donors (Lipinski definition) is 0. The van der Waals surface area contributed by atoms with Gasteiger partial charge < -0.3 is 6.08 Å². The van der Waals surface area contributed by atoms with Crippen molar-refractivity contribution in [2.75, 3.05) is 0 Å². The third-order valence-corrected chi connectivity index (χ3v) is 0. The van der Waals surface area contributed by atoms with E-state index in [4.69, 9.17) is 0 Å². The zero-order valence-electron chi connectivity index (χ0n) is 4.52. The van der Waals surface area contributed by atoms with E-state index in [9.17, 15) is 0 Å². The summed E-state index contributed by atoms with van der Waals surface area (Å²) in [4.78, 5) is 0. The first kappa shape index (κ1) is 30.4. The van der Waals surface area contributed by atoms with Crippen LogP contribution in [0.1, 0.15) is 6.92 Å². The molecule has 0 aliphatic carbocycles. The van der Waals surface area contributed by atoms with Crippen LogP contribution in [0.15, 0.2) is 6.58 Å². The van der Waals surface area contributed by atoms with Crippen molar-refractivity contribution < 1.29 is 131 Å². The fourth-order valence-electron chi connectivity index (χ4n) is 0. The molecule has 0 aliphatic heterocycles. The number of allylic oxidation sites excluding steroid dienone is 1. The maximum Gasteiger partial charge on any atom is 0 e. The van der Waals surface area contributed by atoms with Crippen molar-refractivity contribution in [2.24, 2.45) is 0 Å². The van der Waals surface area contributed by atoms with Crippen LogP contribution < -0.4 is 0 Å². The molecule has 0 saturated heterocycles. The average molecular weight is 397 g/mol. The molecule has 0 nitrogen and oxygen atoms in total. The second kappa shape index (κ2) is 32.0. The summed E-state index contributed by atoms with van der Waals surface area (Å²) in [5, 5.41) is 0. The Kier molecular flexibility index (Phi) is 139. The Morgan fingerprint density at radius 2 is 1.00 bits per heavy atom. The van der Waals surface area contributed by atoms with Crippen LogP contribution in [-0.2, 0) is 131 Å². The molecule has 0 bridgehead atoms. The molecular weight excluding hydrogens is 392 g/mol. The van der Waals surface area contributed by atoms with Crippen LogP contribution in [0.4, 0.5) is 0 Å². The van der Waals surface area contributed by atoms with Gasteiger partial charge in [0, 0.05) is 131 Å². The van der Waals surface area contributed by atoms with E-state index in [-0.39, 0.29) is 131 Å². The van der Waals surface area contributed by atoms with E-state index in [1.165, 1.54) is 0 Å². The largest absolute Gasteiger partial charge is 0.507 e. The normalized spacial score (nSPS) is 1.86. The summed E-state index contributed by atoms with van der Waals surface area (Å²) in [7, 11) is 0. The molecule has 0 saturated carbocycles. The van der Waals surface area contributed by atoms with E-state index in [1.54, 1.807) is 6.92 Å². The first-order valence-electron chi connectivity index (χ1n) is 0.854. The van der Waals surface area contributed by atoms with E-state index >= 15 is 0 Å². The zero-order chi connectivity index (χ0) is 2.71. The molecule has 0 heterocycles. The molecule has 0 aromatic heterocycles. The Labute approximate surface area is 146 Å². The van der Waals surface area contributed by atoms with E-state index in [2.05, 4.69) is 12.7 Å². The van der Waals surface area contributed by atoms with Crippen LogP contribution in [0.2, 0.25) is 0 Å². The van der Waals surface area contributed by atoms with Gasteiger partial charge in [-0.05, 0) is 0 Å². The number of hydrogen-bond acceptors (Lipinski definition) is 0. The van der Waals surface area contributed by atoms with Crippen molar-refractivity contribution in [3.05, 3.63) is 12.7 Å². The molecule has 0 N–H and O–H groups in total. The van der Waals surface area contributed by atoms with Gasteiger partial charge in [0.2, 0.25) is 0 Å². The van der Waals surface area contributed by atoms with Crippen LogP contribution in [0.5, 0.6) is 0 Å². The monoisotopic (exact) mass is 397 g/mol. The predicted octanol–water partition coefficient (Wildman–Crippen LogP) is 0.985. The second-order valence-electron chi connectivity index (χ2n) is 0.354. The molecule has 0 aromatic carbocycles. The topological polar surface area (TPSA) is 0 Å². The summed E-state index contributed by atoms with van der Waals surface area (Å²) in [5.74, 6) is 0. The van der Waals surface area contributed by atoms with Gasteiger partial charge in [0.15, 0.2) is 0 Å². The van der Waals surface area contributed by atoms with Gasteiger partial charge in [-0.3, -0.25) is 6.58 Å².